The Hall–Kier alpha value is -6.63. The second kappa shape index (κ2) is 29.7. The summed E-state index contributed by atoms with van der Waals surface area (Å²) >= 11 is 0. The fourth-order valence-corrected chi connectivity index (χ4v) is 7.08. The quantitative estimate of drug-likeness (QED) is 0.0348. The van der Waals surface area contributed by atoms with Crippen molar-refractivity contribution >= 4 is 58.2 Å². The molecule has 3 heterocycles. The number of aliphatic imine (C=N–C) groups is 1. The molecule has 1 unspecified atom stereocenters. The third kappa shape index (κ3) is 15.8. The van der Waals surface area contributed by atoms with E-state index in [4.69, 9.17) is 14.2 Å². The number of aromatic nitrogens is 3. The molecule has 0 bridgehead atoms. The van der Waals surface area contributed by atoms with Gasteiger partial charge in [-0.15, -0.1) is 0 Å². The van der Waals surface area contributed by atoms with Gasteiger partial charge in [-0.25, -0.2) is 9.98 Å². The molecule has 2 aromatic carbocycles. The Morgan fingerprint density at radius 3 is 2.38 bits per heavy atom. The van der Waals surface area contributed by atoms with Crippen molar-refractivity contribution in [1.29, 1.82) is 0 Å². The van der Waals surface area contributed by atoms with E-state index >= 15 is 0 Å². The highest BCUT2D eigenvalue weighted by molar-refractivity contribution is 6.08. The number of benzene rings is 2. The van der Waals surface area contributed by atoms with Crippen LogP contribution in [0.4, 0.5) is 0 Å². The molecule has 6 rings (SSSR count). The molecule has 1 aliphatic carbocycles. The number of aldehydes is 2. The molecular formula is C53H70N6O7. The first-order chi connectivity index (χ1) is 32.2. The Labute approximate surface area is 391 Å². The van der Waals surface area contributed by atoms with Gasteiger partial charge in [0.25, 0.3) is 5.91 Å². The van der Waals surface area contributed by atoms with Gasteiger partial charge < -0.3 is 33.8 Å². The van der Waals surface area contributed by atoms with Gasteiger partial charge in [0.1, 0.15) is 24.2 Å². The smallest absolute Gasteiger partial charge is 0.255 e. The van der Waals surface area contributed by atoms with Crippen molar-refractivity contribution < 1.29 is 33.4 Å². The standard InChI is InChI=1S/C27H35N3O6.C22H23N3O.2C2H6/c1-28-26(33)24(10-8-15-31)30(2)27(34)23-17-22(13-12-21(23)19-32)36-16-7-5-4-6-9-20-11-14-25(35-3)29-18-20;1-3-5-22(26-17-6-4-7-17)24-13-10-16-8-9-18-19-15-23-12-11-20(19)25(2)21(18)14-16;2*1-2/h11-15,17-19,24H,4-10,16H2,1-3H3,(H,28,33);3,5,8-15,17H,4,6-7H2,1-2H3;2*1-2H3/b;5-3-,13-10+,24-22+;;. The number of allylic oxidation sites excluding steroid dienone is 1. The first kappa shape index (κ1) is 53.7. The van der Waals surface area contributed by atoms with E-state index in [9.17, 15) is 19.2 Å². The maximum Gasteiger partial charge on any atom is 0.255 e. The zero-order chi connectivity index (χ0) is 48.3. The number of unbranched alkanes of at least 4 members (excludes halogenated alkanes) is 3. The number of nitrogens with one attached hydrogen (secondary N) is 1. The molecule has 1 saturated carbocycles. The molecule has 1 atom stereocenters. The molecule has 1 aliphatic rings. The van der Waals surface area contributed by atoms with Crippen LogP contribution in [-0.4, -0.2) is 89.7 Å². The molecule has 13 heteroatoms. The van der Waals surface area contributed by atoms with Crippen molar-refractivity contribution in [3.05, 3.63) is 114 Å². The van der Waals surface area contributed by atoms with E-state index in [1.165, 1.54) is 64.9 Å². The summed E-state index contributed by atoms with van der Waals surface area (Å²) in [7, 11) is 6.64. The number of nitrogens with zero attached hydrogens (tertiary/aromatic N) is 5. The van der Waals surface area contributed by atoms with Crippen LogP contribution >= 0.6 is 0 Å². The number of ether oxygens (including phenoxy) is 3. The summed E-state index contributed by atoms with van der Waals surface area (Å²) in [5.41, 5.74) is 5.03. The van der Waals surface area contributed by atoms with Crippen molar-refractivity contribution in [3.8, 4) is 11.6 Å². The van der Waals surface area contributed by atoms with Gasteiger partial charge in [-0.1, -0.05) is 64.8 Å². The third-order valence-electron chi connectivity index (χ3n) is 10.9. The van der Waals surface area contributed by atoms with E-state index < -0.39 is 11.9 Å². The number of methoxy groups -OCH3 is 1. The zero-order valence-electron chi connectivity index (χ0n) is 40.4. The number of hydrogen-bond acceptors (Lipinski definition) is 10. The van der Waals surface area contributed by atoms with Crippen LogP contribution in [0.2, 0.25) is 0 Å². The minimum Gasteiger partial charge on any atom is -0.494 e. The first-order valence-electron chi connectivity index (χ1n) is 23.2. The molecule has 354 valence electrons. The number of amides is 2. The Morgan fingerprint density at radius 2 is 1.73 bits per heavy atom. The van der Waals surface area contributed by atoms with Gasteiger partial charge in [0, 0.05) is 80.3 Å². The SMILES string of the molecule is CC.CC.CNC(=O)C(CCC=O)N(C)C(=O)c1cc(OCCCCCCc2ccc(OC)nc2)ccc1C=O.C\C=C/C(=N\C=C\c1ccc2c3cnccc3n(C)c2c1)OC1CCC1. The van der Waals surface area contributed by atoms with E-state index in [1.54, 1.807) is 13.2 Å². The maximum atomic E-state index is 13.1. The van der Waals surface area contributed by atoms with Crippen molar-refractivity contribution in [2.24, 2.45) is 12.0 Å². The highest BCUT2D eigenvalue weighted by Gasteiger charge is 2.28. The Morgan fingerprint density at radius 1 is 0.955 bits per heavy atom. The second-order valence-electron chi connectivity index (χ2n) is 15.1. The molecule has 2 amide bonds. The van der Waals surface area contributed by atoms with Crippen LogP contribution in [0.5, 0.6) is 11.6 Å². The Kier molecular flexibility index (Phi) is 24.2. The average Bonchev–Trinajstić information content (AvgIpc) is 3.63. The molecule has 5 aromatic rings. The zero-order valence-corrected chi connectivity index (χ0v) is 40.4. The van der Waals surface area contributed by atoms with Crippen LogP contribution in [-0.2, 0) is 27.8 Å². The van der Waals surface area contributed by atoms with Crippen molar-refractivity contribution in [3.63, 3.8) is 0 Å². The van der Waals surface area contributed by atoms with Gasteiger partial charge in [0.2, 0.25) is 17.7 Å². The van der Waals surface area contributed by atoms with Crippen molar-refractivity contribution in [2.45, 2.75) is 111 Å². The van der Waals surface area contributed by atoms with E-state index in [0.29, 0.717) is 42.8 Å². The summed E-state index contributed by atoms with van der Waals surface area (Å²) in [5, 5.41) is 4.92. The number of pyridine rings is 2. The van der Waals surface area contributed by atoms with E-state index in [-0.39, 0.29) is 29.9 Å². The summed E-state index contributed by atoms with van der Waals surface area (Å²) in [6.45, 7) is 10.5. The van der Waals surface area contributed by atoms with Crippen LogP contribution in [0, 0.1) is 0 Å². The number of hydrogen-bond donors (Lipinski definition) is 1. The van der Waals surface area contributed by atoms with Gasteiger partial charge >= 0.3 is 0 Å². The number of rotatable bonds is 20. The highest BCUT2D eigenvalue weighted by atomic mass is 16.5. The number of aryl methyl sites for hydroxylation is 2. The normalized spacial score (nSPS) is 12.7. The lowest BCUT2D eigenvalue weighted by Crippen LogP contribution is -2.47. The summed E-state index contributed by atoms with van der Waals surface area (Å²) < 4.78 is 19.0. The van der Waals surface area contributed by atoms with Gasteiger partial charge in [-0.2, -0.15) is 0 Å². The molecule has 1 fully saturated rings. The van der Waals surface area contributed by atoms with Gasteiger partial charge in [0.05, 0.1) is 24.8 Å². The van der Waals surface area contributed by atoms with Crippen LogP contribution in [0.15, 0.2) is 96.5 Å². The largest absolute Gasteiger partial charge is 0.494 e. The maximum absolute atomic E-state index is 13.1. The fraction of sp³-hybridized carbons (Fsp3) is 0.415. The molecule has 0 saturated heterocycles. The Bertz CT molecular complexity index is 2370. The second-order valence-corrected chi connectivity index (χ2v) is 15.1. The summed E-state index contributed by atoms with van der Waals surface area (Å²) in [6.07, 6.45) is 23.7. The van der Waals surface area contributed by atoms with Crippen LogP contribution in [0.1, 0.15) is 124 Å². The number of carbonyl (C=O) groups excluding carboxylic acids is 4. The first-order valence-corrected chi connectivity index (χ1v) is 23.2. The molecule has 1 N–H and O–H groups in total. The van der Waals surface area contributed by atoms with E-state index in [2.05, 4.69) is 56.2 Å². The molecule has 0 spiro atoms. The third-order valence-corrected chi connectivity index (χ3v) is 10.9. The summed E-state index contributed by atoms with van der Waals surface area (Å²) in [6, 6.07) is 16.3. The Balaban J connectivity index is 0.000000338. The number of fused-ring (bicyclic) bond motifs is 3. The monoisotopic (exact) mass is 903 g/mol. The molecular weight excluding hydrogens is 833 g/mol. The molecule has 13 nitrogen and oxygen atoms in total. The molecule has 66 heavy (non-hydrogen) atoms. The van der Waals surface area contributed by atoms with E-state index in [1.807, 2.05) is 89.8 Å². The van der Waals surface area contributed by atoms with Gasteiger partial charge in [-0.3, -0.25) is 19.4 Å². The van der Waals surface area contributed by atoms with Gasteiger partial charge in [-0.05, 0) is 105 Å². The predicted octanol–water partition coefficient (Wildman–Crippen LogP) is 10.5. The van der Waals surface area contributed by atoms with Crippen LogP contribution in [0.25, 0.3) is 27.9 Å². The predicted molar refractivity (Wildman–Crippen MR) is 266 cm³/mol. The minimum atomic E-state index is -0.828. The number of likely N-dealkylation sites (N-methyl/N-ethyl adjacent to an activating group) is 2. The van der Waals surface area contributed by atoms with Crippen LogP contribution in [0.3, 0.4) is 0 Å². The molecule has 3 aromatic heterocycles. The average molecular weight is 903 g/mol. The van der Waals surface area contributed by atoms with Gasteiger partial charge in [0.15, 0.2) is 6.29 Å². The molecule has 0 aliphatic heterocycles. The van der Waals surface area contributed by atoms with E-state index in [0.717, 1.165) is 50.5 Å². The van der Waals surface area contributed by atoms with Crippen molar-refractivity contribution in [2.75, 3.05) is 27.8 Å². The van der Waals surface area contributed by atoms with Crippen LogP contribution < -0.4 is 14.8 Å². The topological polar surface area (TPSA) is 154 Å². The lowest BCUT2D eigenvalue weighted by molar-refractivity contribution is -0.125. The minimum absolute atomic E-state index is 0.135. The lowest BCUT2D eigenvalue weighted by Gasteiger charge is -2.27. The fourth-order valence-electron chi connectivity index (χ4n) is 7.08. The highest BCUT2D eigenvalue weighted by Crippen LogP contribution is 2.29. The summed E-state index contributed by atoms with van der Waals surface area (Å²) in [5.74, 6) is 0.903. The lowest BCUT2D eigenvalue weighted by atomic mass is 9.96. The number of carbonyl (C=O) groups is 4. The molecule has 0 radical (unpaired) electrons. The van der Waals surface area contributed by atoms with Crippen molar-refractivity contribution in [1.82, 2.24) is 24.8 Å². The summed E-state index contributed by atoms with van der Waals surface area (Å²) in [4.78, 5) is 61.9.